The van der Waals surface area contributed by atoms with Gasteiger partial charge in [-0.05, 0) is 47.8 Å². The number of hydrogen-bond acceptors (Lipinski definition) is 12. The van der Waals surface area contributed by atoms with Gasteiger partial charge in [0.1, 0.15) is 42.9 Å². The number of aromatic hydroxyl groups is 1. The predicted octanol–water partition coefficient (Wildman–Crippen LogP) is 0.808. The summed E-state index contributed by atoms with van der Waals surface area (Å²) in [5.41, 5.74) is 2.67. The molecule has 1 aliphatic carbocycles. The molecule has 0 saturated carbocycles. The highest BCUT2D eigenvalue weighted by Crippen LogP contribution is 2.41. The smallest absolute Gasteiger partial charge is 0.334 e. The van der Waals surface area contributed by atoms with Crippen LogP contribution in [0.25, 0.3) is 0 Å². The number of esters is 2. The maximum absolute atomic E-state index is 12.4. The number of methoxy groups -OCH3 is 1. The van der Waals surface area contributed by atoms with E-state index in [1.807, 2.05) is 6.08 Å². The van der Waals surface area contributed by atoms with Gasteiger partial charge in [0.05, 0.1) is 25.0 Å². The highest BCUT2D eigenvalue weighted by molar-refractivity contribution is 5.91. The Bertz CT molecular complexity index is 1220. The zero-order chi connectivity index (χ0) is 30.0. The van der Waals surface area contributed by atoms with Gasteiger partial charge in [0.25, 0.3) is 0 Å². The summed E-state index contributed by atoms with van der Waals surface area (Å²) < 4.78 is 34.0. The molecule has 9 atom stereocenters. The van der Waals surface area contributed by atoms with Crippen molar-refractivity contribution < 1.29 is 58.4 Å². The van der Waals surface area contributed by atoms with E-state index >= 15 is 0 Å². The quantitative estimate of drug-likeness (QED) is 0.192. The SMILES string of the molecule is C=C1C(=O)O[C@@H]2/C=C(\CO[C@@H]3O[C@H](COC(=O)Cc4ccc(O)cc4)[C@@H](O)[C@H](O)[C@H]3O)CCC=C3C[C@H](O[C@H]3OC)[C@@H]12. The predicted molar refractivity (Wildman–Crippen MR) is 144 cm³/mol. The van der Waals surface area contributed by atoms with Crippen molar-refractivity contribution in [2.45, 2.75) is 74.9 Å². The Morgan fingerprint density at radius 1 is 1.10 bits per heavy atom. The van der Waals surface area contributed by atoms with Crippen LogP contribution in [0.2, 0.25) is 0 Å². The normalized spacial score (nSPS) is 36.0. The minimum atomic E-state index is -1.62. The van der Waals surface area contributed by atoms with Crippen molar-refractivity contribution in [3.05, 3.63) is 65.3 Å². The number of fused-ring (bicyclic) bond motifs is 4. The maximum Gasteiger partial charge on any atom is 0.334 e. The first-order valence-corrected chi connectivity index (χ1v) is 13.9. The summed E-state index contributed by atoms with van der Waals surface area (Å²) in [5.74, 6) is -1.45. The lowest BCUT2D eigenvalue weighted by molar-refractivity contribution is -0.299. The zero-order valence-corrected chi connectivity index (χ0v) is 23.2. The summed E-state index contributed by atoms with van der Waals surface area (Å²) in [6.45, 7) is 3.50. The van der Waals surface area contributed by atoms with E-state index in [0.29, 0.717) is 30.4 Å². The summed E-state index contributed by atoms with van der Waals surface area (Å²) in [6.07, 6.45) is -3.20. The number of aliphatic hydroxyl groups is 3. The molecule has 1 aromatic carbocycles. The Balaban J connectivity index is 1.23. The molecule has 42 heavy (non-hydrogen) atoms. The van der Waals surface area contributed by atoms with Crippen LogP contribution >= 0.6 is 0 Å². The topological polar surface area (TPSA) is 170 Å². The van der Waals surface area contributed by atoms with Gasteiger partial charge in [0.15, 0.2) is 12.6 Å². The maximum atomic E-state index is 12.4. The van der Waals surface area contributed by atoms with Crippen LogP contribution in [-0.4, -0.2) is 102 Å². The molecule has 12 heteroatoms. The molecule has 0 amide bonds. The summed E-state index contributed by atoms with van der Waals surface area (Å²) in [6, 6.07) is 6.05. The number of phenols is 1. The molecular weight excluding hydrogens is 552 g/mol. The van der Waals surface area contributed by atoms with E-state index in [1.54, 1.807) is 25.3 Å². The second-order valence-electron chi connectivity index (χ2n) is 10.9. The number of allylic oxidation sites excluding steroid dienone is 1. The molecule has 3 aliphatic heterocycles. The van der Waals surface area contributed by atoms with Crippen LogP contribution < -0.4 is 0 Å². The fraction of sp³-hybridized carbons (Fsp3) is 0.533. The number of phenolic OH excluding ortho intramolecular Hbond substituents is 1. The van der Waals surface area contributed by atoms with Crippen molar-refractivity contribution in [1.82, 2.24) is 0 Å². The number of aliphatic hydroxyl groups excluding tert-OH is 3. The number of carbonyl (C=O) groups excluding carboxylic acids is 2. The number of ether oxygens (including phenoxy) is 6. The summed E-state index contributed by atoms with van der Waals surface area (Å²) in [7, 11) is 1.56. The third-order valence-electron chi connectivity index (χ3n) is 7.98. The Kier molecular flexibility index (Phi) is 9.43. The third-order valence-corrected chi connectivity index (χ3v) is 7.98. The van der Waals surface area contributed by atoms with Crippen LogP contribution in [0.15, 0.2) is 59.7 Å². The molecule has 12 nitrogen and oxygen atoms in total. The van der Waals surface area contributed by atoms with E-state index in [-0.39, 0.29) is 31.5 Å². The van der Waals surface area contributed by atoms with Crippen LogP contribution in [0.3, 0.4) is 0 Å². The molecule has 0 spiro atoms. The van der Waals surface area contributed by atoms with Gasteiger partial charge >= 0.3 is 11.9 Å². The van der Waals surface area contributed by atoms with Crippen molar-refractivity contribution in [3.63, 3.8) is 0 Å². The molecule has 3 heterocycles. The largest absolute Gasteiger partial charge is 0.508 e. The zero-order valence-electron chi connectivity index (χ0n) is 23.2. The number of carbonyl (C=O) groups is 2. The Labute approximate surface area is 242 Å². The molecule has 3 fully saturated rings. The first-order valence-electron chi connectivity index (χ1n) is 13.9. The third kappa shape index (κ3) is 6.60. The molecule has 0 unspecified atom stereocenters. The molecular formula is C30H36O12. The van der Waals surface area contributed by atoms with Crippen LogP contribution in [0, 0.1) is 5.92 Å². The Morgan fingerprint density at radius 3 is 2.60 bits per heavy atom. The second-order valence-corrected chi connectivity index (χ2v) is 10.9. The number of hydrogen-bond donors (Lipinski definition) is 4. The lowest BCUT2D eigenvalue weighted by atomic mass is 9.86. The minimum Gasteiger partial charge on any atom is -0.508 e. The van der Waals surface area contributed by atoms with Gasteiger partial charge in [-0.25, -0.2) is 4.79 Å². The van der Waals surface area contributed by atoms with Crippen LogP contribution in [0.4, 0.5) is 0 Å². The van der Waals surface area contributed by atoms with Crippen molar-refractivity contribution in [2.24, 2.45) is 5.92 Å². The first kappa shape index (κ1) is 30.4. The van der Waals surface area contributed by atoms with E-state index in [4.69, 9.17) is 28.4 Å². The number of benzene rings is 1. The summed E-state index contributed by atoms with van der Waals surface area (Å²) in [5, 5.41) is 40.8. The van der Waals surface area contributed by atoms with Crippen molar-refractivity contribution in [3.8, 4) is 5.75 Å². The molecule has 4 aliphatic rings. The molecule has 5 rings (SSSR count). The average molecular weight is 589 g/mol. The van der Waals surface area contributed by atoms with Gasteiger partial charge in [0, 0.05) is 19.1 Å². The highest BCUT2D eigenvalue weighted by atomic mass is 16.7. The van der Waals surface area contributed by atoms with Crippen LogP contribution in [0.1, 0.15) is 24.8 Å². The molecule has 228 valence electrons. The monoisotopic (exact) mass is 588 g/mol. The molecule has 0 aromatic heterocycles. The number of rotatable bonds is 8. The van der Waals surface area contributed by atoms with Crippen LogP contribution in [-0.2, 0) is 44.4 Å². The van der Waals surface area contributed by atoms with Crippen molar-refractivity contribution in [1.29, 1.82) is 0 Å². The summed E-state index contributed by atoms with van der Waals surface area (Å²) >= 11 is 0. The standard InChI is InChI=1S/C30H36O12/c1-15-24-20(40-28(15)36)10-17(4-3-5-18-12-21(24)41-29(18)37-2)13-39-30-27(35)26(34)25(33)22(42-30)14-38-23(32)11-16-6-8-19(31)9-7-16/h5-10,20-22,24-27,29-31,33-35H,1,3-4,11-14H2,2H3/b17-10-,18-5?/t20-,21+,22-,24+,25-,26+,27-,29-,30-/m1/s1. The first-order chi connectivity index (χ1) is 20.1. The van der Waals surface area contributed by atoms with Gasteiger partial charge in [0.2, 0.25) is 0 Å². The molecule has 2 bridgehead atoms. The lowest BCUT2D eigenvalue weighted by Gasteiger charge is -2.40. The van der Waals surface area contributed by atoms with Gasteiger partial charge in [-0.3, -0.25) is 4.79 Å². The van der Waals surface area contributed by atoms with Gasteiger partial charge in [-0.2, -0.15) is 0 Å². The lowest BCUT2D eigenvalue weighted by Crippen LogP contribution is -2.59. The van der Waals surface area contributed by atoms with Gasteiger partial charge in [-0.15, -0.1) is 0 Å². The molecule has 4 N–H and O–H groups in total. The van der Waals surface area contributed by atoms with E-state index < -0.39 is 61.0 Å². The molecule has 3 saturated heterocycles. The Morgan fingerprint density at radius 2 is 1.86 bits per heavy atom. The van der Waals surface area contributed by atoms with Crippen LogP contribution in [0.5, 0.6) is 5.75 Å². The van der Waals surface area contributed by atoms with E-state index in [2.05, 4.69) is 6.58 Å². The second kappa shape index (κ2) is 13.0. The fourth-order valence-corrected chi connectivity index (χ4v) is 5.67. The highest BCUT2D eigenvalue weighted by Gasteiger charge is 2.48. The average Bonchev–Trinajstić information content (AvgIpc) is 3.49. The van der Waals surface area contributed by atoms with E-state index in [9.17, 15) is 30.0 Å². The van der Waals surface area contributed by atoms with Gasteiger partial charge < -0.3 is 48.8 Å². The Hall–Kier alpha value is -3.10. The fourth-order valence-electron chi connectivity index (χ4n) is 5.67. The van der Waals surface area contributed by atoms with Gasteiger partial charge in [-0.1, -0.05) is 24.8 Å². The minimum absolute atomic E-state index is 0.0342. The van der Waals surface area contributed by atoms with E-state index in [1.165, 1.54) is 12.1 Å². The molecule has 1 aromatic rings. The van der Waals surface area contributed by atoms with Crippen molar-refractivity contribution >= 4 is 11.9 Å². The van der Waals surface area contributed by atoms with E-state index in [0.717, 1.165) is 11.1 Å². The van der Waals surface area contributed by atoms with Crippen molar-refractivity contribution in [2.75, 3.05) is 20.3 Å². The molecule has 0 radical (unpaired) electrons. The summed E-state index contributed by atoms with van der Waals surface area (Å²) in [4.78, 5) is 24.7.